The van der Waals surface area contributed by atoms with E-state index in [0.29, 0.717) is 63.6 Å². The molecule has 0 spiro atoms. The molecule has 0 bridgehead atoms. The van der Waals surface area contributed by atoms with Crippen LogP contribution in [0.3, 0.4) is 0 Å². The van der Waals surface area contributed by atoms with E-state index in [1.807, 2.05) is 43.3 Å². The Hall–Kier alpha value is -5.55. The summed E-state index contributed by atoms with van der Waals surface area (Å²) < 4.78 is 33.3. The number of furan rings is 1. The minimum Gasteiger partial charge on any atom is -0.490 e. The molecule has 6 aromatic rings. The summed E-state index contributed by atoms with van der Waals surface area (Å²) in [6, 6.07) is 23.5. The van der Waals surface area contributed by atoms with Gasteiger partial charge in [0.25, 0.3) is 11.5 Å². The number of aromatic nitrogens is 2. The van der Waals surface area contributed by atoms with Gasteiger partial charge in [-0.3, -0.25) is 9.59 Å². The van der Waals surface area contributed by atoms with Gasteiger partial charge in [-0.1, -0.05) is 34.1 Å². The average Bonchev–Trinajstić information content (AvgIpc) is 3.48. The van der Waals surface area contributed by atoms with E-state index >= 15 is 0 Å². The number of hydrogen-bond donors (Lipinski definition) is 1. The van der Waals surface area contributed by atoms with Crippen LogP contribution in [0.5, 0.6) is 11.5 Å². The van der Waals surface area contributed by atoms with Gasteiger partial charge in [-0.15, -0.1) is 6.58 Å². The van der Waals surface area contributed by atoms with E-state index in [2.05, 4.69) is 32.9 Å². The number of ether oxygens (including phenoxy) is 2. The molecule has 0 aliphatic carbocycles. The number of amides is 1. The lowest BCUT2D eigenvalue weighted by Gasteiger charge is -2.16. The molecule has 0 aliphatic heterocycles. The van der Waals surface area contributed by atoms with Gasteiger partial charge in [-0.25, -0.2) is 9.37 Å². The van der Waals surface area contributed by atoms with Crippen molar-refractivity contribution >= 4 is 55.6 Å². The minimum atomic E-state index is -0.428. The summed E-state index contributed by atoms with van der Waals surface area (Å²) in [5.41, 5.74) is 2.51. The van der Waals surface area contributed by atoms with Gasteiger partial charge >= 0.3 is 0 Å². The molecule has 2 aromatic heterocycles. The maximum atomic E-state index is 13.7. The summed E-state index contributed by atoms with van der Waals surface area (Å²) in [7, 11) is 0. The van der Waals surface area contributed by atoms with Crippen molar-refractivity contribution < 1.29 is 23.1 Å². The van der Waals surface area contributed by atoms with E-state index in [1.54, 1.807) is 30.3 Å². The first kappa shape index (κ1) is 31.4. The Bertz CT molecular complexity index is 2210. The number of anilines is 1. The summed E-state index contributed by atoms with van der Waals surface area (Å²) in [6.45, 7) is 5.70. The summed E-state index contributed by atoms with van der Waals surface area (Å²) in [4.78, 5) is 31.1. The normalized spacial score (nSPS) is 11.3. The van der Waals surface area contributed by atoms with Gasteiger partial charge in [0.2, 0.25) is 5.82 Å². The summed E-state index contributed by atoms with van der Waals surface area (Å²) >= 11 is 3.49. The van der Waals surface area contributed by atoms with Gasteiger partial charge in [-0.2, -0.15) is 9.78 Å². The molecule has 9 nitrogen and oxygen atoms in total. The minimum absolute atomic E-state index is 0.237. The molecular weight excluding hydrogens is 667 g/mol. The molecule has 0 radical (unpaired) electrons. The first-order valence-electron chi connectivity index (χ1n) is 14.7. The van der Waals surface area contributed by atoms with Crippen LogP contribution in [0, 0.1) is 5.82 Å². The van der Waals surface area contributed by atoms with E-state index in [9.17, 15) is 14.0 Å². The molecule has 0 fully saturated rings. The van der Waals surface area contributed by atoms with Crippen LogP contribution in [0.15, 0.2) is 116 Å². The first-order chi connectivity index (χ1) is 22.8. The third-order valence-electron chi connectivity index (χ3n) is 7.07. The standard InChI is InChI=1S/C36H28BrFN4O5/c1-3-7-23-16-22(17-31(45-4-2)34(23)46-21-33(43)40-27-13-11-26(38)12-14-27)20-39-42-35(41-29-9-6-5-8-28(29)36(42)44)32-19-24-18-25(37)10-15-30(24)47-32/h3,5-6,8-20H,1,4,7,21H2,2H3,(H,40,43). The molecule has 1 amide bonds. The molecule has 2 heterocycles. The van der Waals surface area contributed by atoms with Gasteiger partial charge in [0.05, 0.1) is 23.7 Å². The Morgan fingerprint density at radius 2 is 1.89 bits per heavy atom. The zero-order chi connectivity index (χ0) is 32.9. The van der Waals surface area contributed by atoms with Gasteiger partial charge in [0, 0.05) is 21.1 Å². The number of benzene rings is 4. The molecule has 47 heavy (non-hydrogen) atoms. The van der Waals surface area contributed by atoms with E-state index in [0.717, 1.165) is 9.86 Å². The number of carbonyl (C=O) groups is 1. The lowest BCUT2D eigenvalue weighted by molar-refractivity contribution is -0.118. The van der Waals surface area contributed by atoms with Gasteiger partial charge in [-0.05, 0) is 91.7 Å². The number of nitrogens with one attached hydrogen (secondary N) is 1. The highest BCUT2D eigenvalue weighted by Crippen LogP contribution is 2.34. The predicted molar refractivity (Wildman–Crippen MR) is 184 cm³/mol. The highest BCUT2D eigenvalue weighted by Gasteiger charge is 2.18. The molecule has 236 valence electrons. The number of nitrogens with zero attached hydrogens (tertiary/aromatic N) is 3. The second-order valence-corrected chi connectivity index (χ2v) is 11.3. The van der Waals surface area contributed by atoms with Crippen molar-refractivity contribution in [1.29, 1.82) is 0 Å². The maximum absolute atomic E-state index is 13.7. The highest BCUT2D eigenvalue weighted by molar-refractivity contribution is 9.10. The number of rotatable bonds is 11. The quantitative estimate of drug-likeness (QED) is 0.110. The van der Waals surface area contributed by atoms with Crippen molar-refractivity contribution in [2.24, 2.45) is 5.10 Å². The Kier molecular flexibility index (Phi) is 9.25. The average molecular weight is 696 g/mol. The predicted octanol–water partition coefficient (Wildman–Crippen LogP) is 7.74. The van der Waals surface area contributed by atoms with Crippen molar-refractivity contribution in [3.8, 4) is 23.1 Å². The Morgan fingerprint density at radius 3 is 2.68 bits per heavy atom. The molecule has 0 saturated heterocycles. The summed E-state index contributed by atoms with van der Waals surface area (Å²) in [6.07, 6.45) is 3.63. The first-order valence-corrected chi connectivity index (χ1v) is 15.5. The van der Waals surface area contributed by atoms with Crippen LogP contribution < -0.4 is 20.3 Å². The molecule has 0 aliphatic rings. The molecule has 0 saturated carbocycles. The van der Waals surface area contributed by atoms with E-state index in [4.69, 9.17) is 18.9 Å². The number of allylic oxidation sites excluding steroid dienone is 1. The monoisotopic (exact) mass is 694 g/mol. The van der Waals surface area contributed by atoms with Crippen LogP contribution in [-0.4, -0.2) is 35.0 Å². The lowest BCUT2D eigenvalue weighted by atomic mass is 10.1. The molecular formula is C36H28BrFN4O5. The fourth-order valence-corrected chi connectivity index (χ4v) is 5.38. The topological polar surface area (TPSA) is 108 Å². The third kappa shape index (κ3) is 7.00. The zero-order valence-electron chi connectivity index (χ0n) is 25.2. The second-order valence-electron chi connectivity index (χ2n) is 10.4. The number of halogens is 2. The molecule has 6 rings (SSSR count). The fourth-order valence-electron chi connectivity index (χ4n) is 5.00. The maximum Gasteiger partial charge on any atom is 0.282 e. The molecule has 4 aromatic carbocycles. The van der Waals surface area contributed by atoms with Crippen LogP contribution in [0.1, 0.15) is 18.1 Å². The number of fused-ring (bicyclic) bond motifs is 2. The summed E-state index contributed by atoms with van der Waals surface area (Å²) in [5.74, 6) is 0.540. The number of hydrogen-bond acceptors (Lipinski definition) is 7. The Balaban J connectivity index is 1.36. The van der Waals surface area contributed by atoms with Crippen LogP contribution in [0.2, 0.25) is 0 Å². The Morgan fingerprint density at radius 1 is 1.09 bits per heavy atom. The molecule has 11 heteroatoms. The van der Waals surface area contributed by atoms with E-state index in [1.165, 1.54) is 35.2 Å². The smallest absolute Gasteiger partial charge is 0.282 e. The van der Waals surface area contributed by atoms with Crippen LogP contribution in [-0.2, 0) is 11.2 Å². The van der Waals surface area contributed by atoms with E-state index < -0.39 is 11.7 Å². The number of carbonyl (C=O) groups excluding carboxylic acids is 1. The Labute approximate surface area is 277 Å². The lowest BCUT2D eigenvalue weighted by Crippen LogP contribution is -2.21. The largest absolute Gasteiger partial charge is 0.490 e. The van der Waals surface area contributed by atoms with Crippen molar-refractivity contribution in [2.45, 2.75) is 13.3 Å². The van der Waals surface area contributed by atoms with Gasteiger partial charge < -0.3 is 19.2 Å². The van der Waals surface area contributed by atoms with Crippen molar-refractivity contribution in [1.82, 2.24) is 9.66 Å². The van der Waals surface area contributed by atoms with Crippen LogP contribution >= 0.6 is 15.9 Å². The van der Waals surface area contributed by atoms with Crippen LogP contribution in [0.25, 0.3) is 33.5 Å². The highest BCUT2D eigenvalue weighted by atomic mass is 79.9. The van der Waals surface area contributed by atoms with Crippen molar-refractivity contribution in [3.63, 3.8) is 0 Å². The van der Waals surface area contributed by atoms with E-state index in [-0.39, 0.29) is 18.0 Å². The van der Waals surface area contributed by atoms with Gasteiger partial charge in [0.15, 0.2) is 23.9 Å². The zero-order valence-corrected chi connectivity index (χ0v) is 26.8. The second kappa shape index (κ2) is 13.8. The third-order valence-corrected chi connectivity index (χ3v) is 7.56. The van der Waals surface area contributed by atoms with Gasteiger partial charge in [0.1, 0.15) is 11.4 Å². The molecule has 0 unspecified atom stereocenters. The fraction of sp³-hybridized carbons (Fsp3) is 0.111. The van der Waals surface area contributed by atoms with Crippen molar-refractivity contribution in [2.75, 3.05) is 18.5 Å². The van der Waals surface area contributed by atoms with Crippen molar-refractivity contribution in [3.05, 3.63) is 129 Å². The summed E-state index contributed by atoms with van der Waals surface area (Å²) in [5, 5.41) is 8.50. The number of para-hydroxylation sites is 1. The van der Waals surface area contributed by atoms with Crippen LogP contribution in [0.4, 0.5) is 10.1 Å². The molecule has 0 atom stereocenters. The molecule has 1 N–H and O–H groups in total. The SMILES string of the molecule is C=CCc1cc(C=Nn2c(-c3cc4cc(Br)ccc4o3)nc3ccccc3c2=O)cc(OCC)c1OCC(=O)Nc1ccc(F)cc1.